The van der Waals surface area contributed by atoms with Gasteiger partial charge in [-0.2, -0.15) is 0 Å². The highest BCUT2D eigenvalue weighted by Gasteiger charge is 2.54. The summed E-state index contributed by atoms with van der Waals surface area (Å²) in [4.78, 5) is 37.9. The predicted molar refractivity (Wildman–Crippen MR) is 194 cm³/mol. The number of methoxy groups -OCH3 is 3. The summed E-state index contributed by atoms with van der Waals surface area (Å²) in [7, 11) is 4.42. The SMILES string of the molecule is CO/C1=C/C(C)=C/C(C)C(OC(C)=O)C(C)C/C(C)=C/C=C\C(OC)C(C(C)C(O)C(C)C2(OC)CC(OC(C)=O)C(C)C(C(C)C)O2)OC1=O. The van der Waals surface area contributed by atoms with Crippen LogP contribution in [0, 0.1) is 35.5 Å². The molecule has 12 unspecified atom stereocenters. The van der Waals surface area contributed by atoms with Crippen molar-refractivity contribution in [2.75, 3.05) is 21.3 Å². The van der Waals surface area contributed by atoms with Crippen molar-refractivity contribution < 1.29 is 52.6 Å². The number of hydrogen-bond donors (Lipinski definition) is 1. The van der Waals surface area contributed by atoms with Gasteiger partial charge in [-0.1, -0.05) is 83.9 Å². The van der Waals surface area contributed by atoms with Crippen molar-refractivity contribution in [2.24, 2.45) is 35.5 Å². The minimum atomic E-state index is -1.31. The first-order chi connectivity index (χ1) is 23.8. The number of carbonyl (C=O) groups is 3. The molecule has 1 N–H and O–H groups in total. The topological polar surface area (TPSA) is 136 Å². The minimum Gasteiger partial charge on any atom is -0.490 e. The number of ether oxygens (including phenoxy) is 7. The van der Waals surface area contributed by atoms with Crippen molar-refractivity contribution in [1.82, 2.24) is 0 Å². The van der Waals surface area contributed by atoms with Crippen LogP contribution in [-0.2, 0) is 47.5 Å². The lowest BCUT2D eigenvalue weighted by molar-refractivity contribution is -0.339. The van der Waals surface area contributed by atoms with Crippen LogP contribution in [-0.4, -0.2) is 86.8 Å². The Balaban J connectivity index is 2.61. The maximum atomic E-state index is 13.8. The fourth-order valence-corrected chi connectivity index (χ4v) is 7.59. The number of allylic oxidation sites excluding steroid dienone is 5. The molecule has 0 spiro atoms. The normalized spacial score (nSPS) is 36.9. The van der Waals surface area contributed by atoms with E-state index >= 15 is 0 Å². The predicted octanol–water partition coefficient (Wildman–Crippen LogP) is 6.49. The van der Waals surface area contributed by atoms with Gasteiger partial charge in [0.15, 0.2) is 5.79 Å². The van der Waals surface area contributed by atoms with Crippen LogP contribution in [0.15, 0.2) is 47.3 Å². The fourth-order valence-electron chi connectivity index (χ4n) is 7.59. The molecule has 0 bridgehead atoms. The van der Waals surface area contributed by atoms with E-state index in [1.54, 1.807) is 19.1 Å². The Kier molecular flexibility index (Phi) is 17.1. The first-order valence-electron chi connectivity index (χ1n) is 18.1. The van der Waals surface area contributed by atoms with Gasteiger partial charge < -0.3 is 38.3 Å². The van der Waals surface area contributed by atoms with E-state index < -0.39 is 60.1 Å². The molecule has 11 nitrogen and oxygen atoms in total. The lowest BCUT2D eigenvalue weighted by atomic mass is 9.76. The molecule has 2 aliphatic rings. The molecule has 2 heterocycles. The molecule has 290 valence electrons. The lowest BCUT2D eigenvalue weighted by Crippen LogP contribution is -2.60. The van der Waals surface area contributed by atoms with Gasteiger partial charge in [-0.3, -0.25) is 9.59 Å². The van der Waals surface area contributed by atoms with Crippen LogP contribution < -0.4 is 0 Å². The molecule has 0 aromatic rings. The molecule has 0 aromatic heterocycles. The lowest BCUT2D eigenvalue weighted by Gasteiger charge is -2.51. The largest absolute Gasteiger partial charge is 0.490 e. The van der Waals surface area contributed by atoms with Crippen LogP contribution in [0.3, 0.4) is 0 Å². The van der Waals surface area contributed by atoms with Gasteiger partial charge in [-0.25, -0.2) is 4.79 Å². The van der Waals surface area contributed by atoms with E-state index in [2.05, 4.69) is 0 Å². The van der Waals surface area contributed by atoms with Crippen LogP contribution >= 0.6 is 0 Å². The summed E-state index contributed by atoms with van der Waals surface area (Å²) in [6, 6.07) is 0. The zero-order chi connectivity index (χ0) is 38.8. The van der Waals surface area contributed by atoms with Gasteiger partial charge in [-0.05, 0) is 38.2 Å². The third-order valence-corrected chi connectivity index (χ3v) is 10.4. The highest BCUT2D eigenvalue weighted by Crippen LogP contribution is 2.44. The summed E-state index contributed by atoms with van der Waals surface area (Å²) in [5.41, 5.74) is 1.77. The smallest absolute Gasteiger partial charge is 0.373 e. The average molecular weight is 721 g/mol. The van der Waals surface area contributed by atoms with Gasteiger partial charge >= 0.3 is 17.9 Å². The maximum absolute atomic E-state index is 13.8. The van der Waals surface area contributed by atoms with E-state index in [1.165, 1.54) is 35.2 Å². The Morgan fingerprint density at radius 2 is 1.61 bits per heavy atom. The summed E-state index contributed by atoms with van der Waals surface area (Å²) in [5.74, 6) is -4.44. The van der Waals surface area contributed by atoms with Crippen LogP contribution in [0.25, 0.3) is 0 Å². The second kappa shape index (κ2) is 19.7. The van der Waals surface area contributed by atoms with Crippen LogP contribution in [0.1, 0.15) is 89.0 Å². The summed E-state index contributed by atoms with van der Waals surface area (Å²) in [6.07, 6.45) is 5.88. The van der Waals surface area contributed by atoms with Crippen molar-refractivity contribution in [2.45, 2.75) is 131 Å². The van der Waals surface area contributed by atoms with Crippen molar-refractivity contribution in [3.63, 3.8) is 0 Å². The molecular formula is C40H64O11. The average Bonchev–Trinajstić information content (AvgIpc) is 3.06. The maximum Gasteiger partial charge on any atom is 0.373 e. The van der Waals surface area contributed by atoms with Crippen LogP contribution in [0.4, 0.5) is 0 Å². The molecule has 12 atom stereocenters. The molecule has 51 heavy (non-hydrogen) atoms. The number of carbonyl (C=O) groups excluding carboxylic acids is 3. The van der Waals surface area contributed by atoms with Gasteiger partial charge in [-0.15, -0.1) is 0 Å². The van der Waals surface area contributed by atoms with Gasteiger partial charge in [0.2, 0.25) is 5.76 Å². The van der Waals surface area contributed by atoms with Crippen molar-refractivity contribution in [3.8, 4) is 0 Å². The number of hydrogen-bond acceptors (Lipinski definition) is 11. The Bertz CT molecular complexity index is 1300. The molecule has 1 saturated heterocycles. The molecule has 0 radical (unpaired) electrons. The van der Waals surface area contributed by atoms with Crippen LogP contribution in [0.5, 0.6) is 0 Å². The van der Waals surface area contributed by atoms with Crippen LogP contribution in [0.2, 0.25) is 0 Å². The molecule has 0 saturated carbocycles. The zero-order valence-corrected chi connectivity index (χ0v) is 33.3. The van der Waals surface area contributed by atoms with Gasteiger partial charge in [0.05, 0.1) is 19.3 Å². The van der Waals surface area contributed by atoms with E-state index in [9.17, 15) is 19.5 Å². The highest BCUT2D eigenvalue weighted by atomic mass is 16.7. The number of aliphatic hydroxyl groups excluding tert-OH is 1. The third kappa shape index (κ3) is 11.8. The van der Waals surface area contributed by atoms with E-state index in [4.69, 9.17) is 33.2 Å². The third-order valence-electron chi connectivity index (χ3n) is 10.4. The second-order valence-electron chi connectivity index (χ2n) is 14.9. The molecule has 2 aliphatic heterocycles. The second-order valence-corrected chi connectivity index (χ2v) is 14.9. The number of esters is 3. The Morgan fingerprint density at radius 1 is 0.980 bits per heavy atom. The Morgan fingerprint density at radius 3 is 2.14 bits per heavy atom. The first-order valence-corrected chi connectivity index (χ1v) is 18.1. The van der Waals surface area contributed by atoms with Gasteiger partial charge in [0, 0.05) is 58.2 Å². The monoisotopic (exact) mass is 720 g/mol. The molecule has 0 amide bonds. The quantitative estimate of drug-likeness (QED) is 0.196. The summed E-state index contributed by atoms with van der Waals surface area (Å²) in [5, 5.41) is 12.1. The fraction of sp³-hybridized carbons (Fsp3) is 0.725. The number of rotatable bonds is 10. The Hall–Kier alpha value is -2.99. The minimum absolute atomic E-state index is 0.00203. The summed E-state index contributed by atoms with van der Waals surface area (Å²) >= 11 is 0. The molecule has 0 aromatic carbocycles. The highest BCUT2D eigenvalue weighted by molar-refractivity contribution is 5.87. The van der Waals surface area contributed by atoms with Gasteiger partial charge in [0.25, 0.3) is 0 Å². The summed E-state index contributed by atoms with van der Waals surface area (Å²) < 4.78 is 41.8. The molecular weight excluding hydrogens is 656 g/mol. The van der Waals surface area contributed by atoms with E-state index in [0.717, 1.165) is 5.57 Å². The molecule has 0 aliphatic carbocycles. The number of cyclic esters (lactones) is 1. The van der Waals surface area contributed by atoms with Crippen molar-refractivity contribution in [3.05, 3.63) is 47.3 Å². The van der Waals surface area contributed by atoms with E-state index in [-0.39, 0.29) is 47.9 Å². The number of aliphatic hydroxyl groups is 1. The summed E-state index contributed by atoms with van der Waals surface area (Å²) in [6.45, 7) is 20.3. The van der Waals surface area contributed by atoms with Gasteiger partial charge in [0.1, 0.15) is 24.4 Å². The molecule has 2 rings (SSSR count). The molecule has 1 fully saturated rings. The van der Waals surface area contributed by atoms with Crippen molar-refractivity contribution >= 4 is 17.9 Å². The van der Waals surface area contributed by atoms with Crippen molar-refractivity contribution in [1.29, 1.82) is 0 Å². The van der Waals surface area contributed by atoms with E-state index in [1.807, 2.05) is 73.6 Å². The first kappa shape index (κ1) is 44.2. The standard InChI is InChI=1S/C40H64O11/c1-22(2)36-27(7)34(48-30(10)41)21-40(47-14,51-36)29(9)35(43)28(8)38-32(45-12)17-15-16-23(3)18-25(5)37(49-31(11)42)26(6)19-24(4)20-33(46-13)39(44)50-38/h15-17,19-20,22,25-29,32,34-38,43H,18,21H2,1-14H3/b17-15-,23-16+,24-19+,33-20+. The van der Waals surface area contributed by atoms with E-state index in [0.29, 0.717) is 12.0 Å². The zero-order valence-electron chi connectivity index (χ0n) is 33.3. The Labute approximate surface area is 305 Å². The molecule has 11 heteroatoms.